The highest BCUT2D eigenvalue weighted by Crippen LogP contribution is 2.38. The van der Waals surface area contributed by atoms with Gasteiger partial charge in [0.25, 0.3) is 5.91 Å². The van der Waals surface area contributed by atoms with Gasteiger partial charge >= 0.3 is 6.09 Å². The van der Waals surface area contributed by atoms with E-state index in [4.69, 9.17) is 18.9 Å². The predicted molar refractivity (Wildman–Crippen MR) is 156 cm³/mol. The minimum absolute atomic E-state index is 0.0827. The van der Waals surface area contributed by atoms with Crippen molar-refractivity contribution >= 4 is 12.0 Å². The smallest absolute Gasteiger partial charge is 0.410 e. The standard InChI is InChI=1S/C33H35F3N2O6/c1-33(2,3)44-32(40)38-14-12-23(21(17-38)18-41-22-8-10-29-30(16-22)43-19-42-29)20-7-9-28(36)25(15-20)31(39)37-13-11-24-26(34)5-4-6-27(24)35/h4-10,15-16,21,23H,11-14,17-19H2,1-3H3,(H,37,39)/t21-,23-/m0/s1. The number of nitrogens with zero attached hydrogens (tertiary/aromatic N) is 1. The third-order valence-electron chi connectivity index (χ3n) is 7.58. The van der Waals surface area contributed by atoms with E-state index in [1.54, 1.807) is 49.9 Å². The Morgan fingerprint density at radius 2 is 1.73 bits per heavy atom. The van der Waals surface area contributed by atoms with Crippen molar-refractivity contribution in [1.29, 1.82) is 0 Å². The Balaban J connectivity index is 1.32. The molecule has 2 atom stereocenters. The van der Waals surface area contributed by atoms with Crippen molar-refractivity contribution in [2.24, 2.45) is 5.92 Å². The van der Waals surface area contributed by atoms with Crippen molar-refractivity contribution in [3.05, 3.63) is 88.7 Å². The van der Waals surface area contributed by atoms with Crippen LogP contribution in [0.25, 0.3) is 0 Å². The predicted octanol–water partition coefficient (Wildman–Crippen LogP) is 6.22. The van der Waals surface area contributed by atoms with Gasteiger partial charge in [0, 0.05) is 37.2 Å². The Bertz CT molecular complexity index is 1510. The maximum absolute atomic E-state index is 14.9. The lowest BCUT2D eigenvalue weighted by Crippen LogP contribution is -2.46. The molecule has 11 heteroatoms. The van der Waals surface area contributed by atoms with Gasteiger partial charge in [-0.05, 0) is 81.5 Å². The quantitative estimate of drug-likeness (QED) is 0.325. The Labute approximate surface area is 254 Å². The van der Waals surface area contributed by atoms with Crippen molar-refractivity contribution in [3.63, 3.8) is 0 Å². The highest BCUT2D eigenvalue weighted by atomic mass is 19.1. The molecule has 3 aromatic rings. The molecule has 0 saturated carbocycles. The van der Waals surface area contributed by atoms with E-state index in [2.05, 4.69) is 5.32 Å². The van der Waals surface area contributed by atoms with Crippen molar-refractivity contribution in [1.82, 2.24) is 10.2 Å². The van der Waals surface area contributed by atoms with Gasteiger partial charge in [-0.2, -0.15) is 0 Å². The van der Waals surface area contributed by atoms with Crippen molar-refractivity contribution in [2.75, 3.05) is 33.0 Å². The van der Waals surface area contributed by atoms with Gasteiger partial charge in [0.15, 0.2) is 11.5 Å². The van der Waals surface area contributed by atoms with Crippen LogP contribution in [0.1, 0.15) is 54.6 Å². The zero-order valence-corrected chi connectivity index (χ0v) is 24.8. The number of fused-ring (bicyclic) bond motifs is 1. The summed E-state index contributed by atoms with van der Waals surface area (Å²) in [6, 6.07) is 13.2. The molecule has 0 aromatic heterocycles. The molecule has 1 saturated heterocycles. The molecule has 0 spiro atoms. The molecule has 1 N–H and O–H groups in total. The second-order valence-corrected chi connectivity index (χ2v) is 11.9. The van der Waals surface area contributed by atoms with Crippen LogP contribution in [0.2, 0.25) is 0 Å². The number of carbonyl (C=O) groups excluding carboxylic acids is 2. The fraction of sp³-hybridized carbons (Fsp3) is 0.394. The summed E-state index contributed by atoms with van der Waals surface area (Å²) in [5.74, 6) is -1.48. The topological polar surface area (TPSA) is 86.3 Å². The lowest BCUT2D eigenvalue weighted by molar-refractivity contribution is 0.0111. The number of hydrogen-bond acceptors (Lipinski definition) is 6. The molecule has 2 amide bonds. The van der Waals surface area contributed by atoms with Crippen LogP contribution in [0, 0.1) is 23.4 Å². The lowest BCUT2D eigenvalue weighted by atomic mass is 9.80. The van der Waals surface area contributed by atoms with E-state index in [0.717, 1.165) is 12.1 Å². The molecule has 234 valence electrons. The first-order chi connectivity index (χ1) is 21.0. The zero-order valence-electron chi connectivity index (χ0n) is 24.8. The number of ether oxygens (including phenoxy) is 4. The van der Waals surface area contributed by atoms with Gasteiger partial charge in [0.1, 0.15) is 28.8 Å². The van der Waals surface area contributed by atoms with Gasteiger partial charge in [0.2, 0.25) is 6.79 Å². The molecule has 2 aliphatic heterocycles. The Hall–Kier alpha value is -4.41. The number of halogens is 3. The second kappa shape index (κ2) is 13.1. The Kier molecular flexibility index (Phi) is 9.22. The largest absolute Gasteiger partial charge is 0.493 e. The van der Waals surface area contributed by atoms with Crippen LogP contribution in [-0.4, -0.2) is 55.5 Å². The second-order valence-electron chi connectivity index (χ2n) is 11.9. The summed E-state index contributed by atoms with van der Waals surface area (Å²) in [4.78, 5) is 27.5. The van der Waals surface area contributed by atoms with E-state index in [-0.39, 0.29) is 49.3 Å². The van der Waals surface area contributed by atoms with E-state index in [1.807, 2.05) is 0 Å². The van der Waals surface area contributed by atoms with Crippen LogP contribution in [0.15, 0.2) is 54.6 Å². The fourth-order valence-electron chi connectivity index (χ4n) is 5.42. The van der Waals surface area contributed by atoms with Crippen molar-refractivity contribution in [3.8, 4) is 17.2 Å². The van der Waals surface area contributed by atoms with Gasteiger partial charge in [-0.25, -0.2) is 18.0 Å². The van der Waals surface area contributed by atoms with Gasteiger partial charge in [-0.15, -0.1) is 0 Å². The summed E-state index contributed by atoms with van der Waals surface area (Å²) in [5.41, 5.74) is -0.283. The van der Waals surface area contributed by atoms with E-state index in [9.17, 15) is 22.8 Å². The number of amides is 2. The molecule has 0 aliphatic carbocycles. The highest BCUT2D eigenvalue weighted by molar-refractivity contribution is 5.94. The number of benzene rings is 3. The van der Waals surface area contributed by atoms with Crippen LogP contribution in [-0.2, 0) is 11.2 Å². The summed E-state index contributed by atoms with van der Waals surface area (Å²) in [6.45, 7) is 6.39. The van der Waals surface area contributed by atoms with Crippen LogP contribution in [0.3, 0.4) is 0 Å². The minimum atomic E-state index is -0.720. The number of piperidine rings is 1. The molecular formula is C33H35F3N2O6. The van der Waals surface area contributed by atoms with Gasteiger partial charge < -0.3 is 29.2 Å². The first-order valence-electron chi connectivity index (χ1n) is 14.5. The van der Waals surface area contributed by atoms with Crippen LogP contribution >= 0.6 is 0 Å². The van der Waals surface area contributed by atoms with E-state index in [0.29, 0.717) is 42.3 Å². The van der Waals surface area contributed by atoms with Crippen LogP contribution < -0.4 is 19.5 Å². The third kappa shape index (κ3) is 7.38. The fourth-order valence-corrected chi connectivity index (χ4v) is 5.42. The first-order valence-corrected chi connectivity index (χ1v) is 14.5. The zero-order chi connectivity index (χ0) is 31.4. The summed E-state index contributed by atoms with van der Waals surface area (Å²) < 4.78 is 65.4. The lowest BCUT2D eigenvalue weighted by Gasteiger charge is -2.39. The molecule has 0 bridgehead atoms. The van der Waals surface area contributed by atoms with Gasteiger partial charge in [-0.1, -0.05) is 12.1 Å². The van der Waals surface area contributed by atoms with Crippen LogP contribution in [0.4, 0.5) is 18.0 Å². The van der Waals surface area contributed by atoms with Crippen molar-refractivity contribution in [2.45, 2.75) is 45.1 Å². The molecule has 8 nitrogen and oxygen atoms in total. The number of likely N-dealkylation sites (tertiary alicyclic amines) is 1. The minimum Gasteiger partial charge on any atom is -0.493 e. The van der Waals surface area contributed by atoms with E-state index in [1.165, 1.54) is 18.2 Å². The first kappa shape index (κ1) is 31.0. The SMILES string of the molecule is CC(C)(C)OC(=O)N1CC[C@@H](c2ccc(F)c(C(=O)NCCc3c(F)cccc3F)c2)[C@H](COc2ccc3c(c2)OCO3)C1. The average molecular weight is 613 g/mol. The molecule has 0 radical (unpaired) electrons. The number of carbonyl (C=O) groups is 2. The summed E-state index contributed by atoms with van der Waals surface area (Å²) in [6.07, 6.45) is -0.00350. The third-order valence-corrected chi connectivity index (χ3v) is 7.58. The summed E-state index contributed by atoms with van der Waals surface area (Å²) in [7, 11) is 0. The molecule has 1 fully saturated rings. The Morgan fingerprint density at radius 3 is 2.48 bits per heavy atom. The molecule has 2 aliphatic rings. The molecule has 5 rings (SSSR count). The molecule has 2 heterocycles. The summed E-state index contributed by atoms with van der Waals surface area (Å²) >= 11 is 0. The van der Waals surface area contributed by atoms with Gasteiger partial charge in [-0.3, -0.25) is 4.79 Å². The Morgan fingerprint density at radius 1 is 0.977 bits per heavy atom. The maximum Gasteiger partial charge on any atom is 0.410 e. The normalized spacial score (nSPS) is 17.7. The van der Waals surface area contributed by atoms with Gasteiger partial charge in [0.05, 0.1) is 12.2 Å². The number of hydrogen-bond donors (Lipinski definition) is 1. The number of rotatable bonds is 8. The average Bonchev–Trinajstić information content (AvgIpc) is 3.45. The van der Waals surface area contributed by atoms with Crippen molar-refractivity contribution < 1.29 is 41.7 Å². The molecule has 0 unspecified atom stereocenters. The molecule has 44 heavy (non-hydrogen) atoms. The summed E-state index contributed by atoms with van der Waals surface area (Å²) in [5, 5.41) is 2.57. The van der Waals surface area contributed by atoms with E-state index < -0.39 is 35.1 Å². The molecule has 3 aromatic carbocycles. The van der Waals surface area contributed by atoms with E-state index >= 15 is 0 Å². The molecular weight excluding hydrogens is 577 g/mol. The maximum atomic E-state index is 14.9. The van der Waals surface area contributed by atoms with Crippen LogP contribution in [0.5, 0.6) is 17.2 Å². The number of nitrogens with one attached hydrogen (secondary N) is 1. The highest BCUT2D eigenvalue weighted by Gasteiger charge is 2.35. The monoisotopic (exact) mass is 612 g/mol.